The molecule has 21 heavy (non-hydrogen) atoms. The minimum Gasteiger partial charge on any atom is -0.361 e. The van der Waals surface area contributed by atoms with Crippen LogP contribution in [0.5, 0.6) is 0 Å². The van der Waals surface area contributed by atoms with E-state index in [0.29, 0.717) is 16.8 Å². The van der Waals surface area contributed by atoms with E-state index in [1.165, 1.54) is 5.56 Å². The van der Waals surface area contributed by atoms with E-state index >= 15 is 0 Å². The third-order valence-corrected chi connectivity index (χ3v) is 3.20. The predicted molar refractivity (Wildman–Crippen MR) is 97.4 cm³/mol. The standard InChI is InChI=1S/C14H19ClN4S2/c1-10(2)9-17-14(21)19-18-13(20)16-8-7-11-3-5-12(15)6-4-11/h3-6H,1,7-9H2,2H3,(H2,16,18,20)(H2,17,19,21). The molecule has 1 aromatic rings. The largest absolute Gasteiger partial charge is 0.361 e. The molecule has 4 nitrogen and oxygen atoms in total. The predicted octanol–water partition coefficient (Wildman–Crippen LogP) is 2.30. The number of thiocarbonyl (C=S) groups is 2. The molecule has 4 N–H and O–H groups in total. The molecule has 1 rings (SSSR count). The van der Waals surface area contributed by atoms with Gasteiger partial charge in [0.25, 0.3) is 0 Å². The molecule has 0 spiro atoms. The summed E-state index contributed by atoms with van der Waals surface area (Å²) in [4.78, 5) is 0. The van der Waals surface area contributed by atoms with Crippen molar-refractivity contribution in [1.29, 1.82) is 0 Å². The van der Waals surface area contributed by atoms with Gasteiger partial charge in [-0.1, -0.05) is 35.9 Å². The number of nitrogens with one attached hydrogen (secondary N) is 4. The van der Waals surface area contributed by atoms with Crippen LogP contribution in [0.3, 0.4) is 0 Å². The first kappa shape index (κ1) is 17.7. The van der Waals surface area contributed by atoms with Crippen LogP contribution in [0.25, 0.3) is 0 Å². The molecule has 0 aliphatic heterocycles. The van der Waals surface area contributed by atoms with Crippen LogP contribution in [0.4, 0.5) is 0 Å². The summed E-state index contributed by atoms with van der Waals surface area (Å²) in [5.41, 5.74) is 7.82. The van der Waals surface area contributed by atoms with Gasteiger partial charge < -0.3 is 10.6 Å². The van der Waals surface area contributed by atoms with Crippen molar-refractivity contribution in [3.8, 4) is 0 Å². The van der Waals surface area contributed by atoms with Crippen molar-refractivity contribution in [3.63, 3.8) is 0 Å². The van der Waals surface area contributed by atoms with Gasteiger partial charge in [0.05, 0.1) is 0 Å². The molecule has 114 valence electrons. The van der Waals surface area contributed by atoms with E-state index in [9.17, 15) is 0 Å². The van der Waals surface area contributed by atoms with Crippen LogP contribution in [-0.4, -0.2) is 23.3 Å². The first-order valence-electron chi connectivity index (χ1n) is 6.44. The minimum atomic E-state index is 0.472. The maximum atomic E-state index is 5.83. The Morgan fingerprint density at radius 3 is 2.24 bits per heavy atom. The van der Waals surface area contributed by atoms with E-state index in [-0.39, 0.29) is 0 Å². The number of hydrazine groups is 1. The highest BCUT2D eigenvalue weighted by molar-refractivity contribution is 7.80. The van der Waals surface area contributed by atoms with Gasteiger partial charge in [-0.05, 0) is 55.5 Å². The fourth-order valence-electron chi connectivity index (χ4n) is 1.40. The Kier molecular flexibility index (Phi) is 8.04. The zero-order valence-electron chi connectivity index (χ0n) is 11.8. The topological polar surface area (TPSA) is 48.1 Å². The molecule has 0 radical (unpaired) electrons. The van der Waals surface area contributed by atoms with Crippen molar-refractivity contribution in [2.45, 2.75) is 13.3 Å². The van der Waals surface area contributed by atoms with Gasteiger partial charge in [-0.2, -0.15) is 0 Å². The molecule has 0 aliphatic rings. The third kappa shape index (κ3) is 8.49. The Balaban J connectivity index is 2.15. The molecule has 0 amide bonds. The van der Waals surface area contributed by atoms with Gasteiger partial charge in [0, 0.05) is 18.1 Å². The van der Waals surface area contributed by atoms with E-state index in [1.54, 1.807) is 0 Å². The quantitative estimate of drug-likeness (QED) is 0.374. The summed E-state index contributed by atoms with van der Waals surface area (Å²) < 4.78 is 0. The molecule has 0 bridgehead atoms. The lowest BCUT2D eigenvalue weighted by molar-refractivity contribution is 0.777. The average molecular weight is 343 g/mol. The highest BCUT2D eigenvalue weighted by Gasteiger charge is 1.98. The fourth-order valence-corrected chi connectivity index (χ4v) is 1.81. The Labute approximate surface area is 141 Å². The second kappa shape index (κ2) is 9.55. The normalized spacial score (nSPS) is 9.62. The molecule has 7 heteroatoms. The molecular weight excluding hydrogens is 324 g/mol. The second-order valence-corrected chi connectivity index (χ2v) is 5.78. The lowest BCUT2D eigenvalue weighted by atomic mass is 10.1. The lowest BCUT2D eigenvalue weighted by Gasteiger charge is -2.14. The highest BCUT2D eigenvalue weighted by atomic mass is 35.5. The van der Waals surface area contributed by atoms with E-state index in [0.717, 1.165) is 23.6 Å². The molecule has 1 aromatic carbocycles. The van der Waals surface area contributed by atoms with E-state index in [1.807, 2.05) is 31.2 Å². The van der Waals surface area contributed by atoms with Crippen LogP contribution in [-0.2, 0) is 6.42 Å². The minimum absolute atomic E-state index is 0.472. The fraction of sp³-hybridized carbons (Fsp3) is 0.286. The summed E-state index contributed by atoms with van der Waals surface area (Å²) in [6.07, 6.45) is 0.858. The zero-order valence-corrected chi connectivity index (χ0v) is 14.2. The van der Waals surface area contributed by atoms with Crippen LogP contribution in [0.1, 0.15) is 12.5 Å². The number of hydrogen-bond acceptors (Lipinski definition) is 2. The summed E-state index contributed by atoms with van der Waals surface area (Å²) in [7, 11) is 0. The van der Waals surface area contributed by atoms with Gasteiger partial charge in [0.2, 0.25) is 0 Å². The van der Waals surface area contributed by atoms with Crippen LogP contribution in [0.2, 0.25) is 5.02 Å². The van der Waals surface area contributed by atoms with Crippen molar-refractivity contribution in [1.82, 2.24) is 21.5 Å². The maximum absolute atomic E-state index is 5.83. The Morgan fingerprint density at radius 2 is 1.67 bits per heavy atom. The van der Waals surface area contributed by atoms with Gasteiger partial charge in [-0.3, -0.25) is 10.9 Å². The van der Waals surface area contributed by atoms with Gasteiger partial charge in [0.1, 0.15) is 0 Å². The van der Waals surface area contributed by atoms with Crippen molar-refractivity contribution in [3.05, 3.63) is 47.0 Å². The Bertz CT molecular complexity index is 502. The Morgan fingerprint density at radius 1 is 1.10 bits per heavy atom. The number of rotatable bonds is 5. The van der Waals surface area contributed by atoms with Crippen LogP contribution in [0.15, 0.2) is 36.4 Å². The third-order valence-electron chi connectivity index (χ3n) is 2.45. The molecule has 0 heterocycles. The molecule has 0 atom stereocenters. The summed E-state index contributed by atoms with van der Waals surface area (Å²) in [6.45, 7) is 7.06. The number of halogens is 1. The van der Waals surface area contributed by atoms with Crippen molar-refractivity contribution < 1.29 is 0 Å². The molecule has 0 unspecified atom stereocenters. The molecule has 0 fully saturated rings. The lowest BCUT2D eigenvalue weighted by Crippen LogP contribution is -2.50. The van der Waals surface area contributed by atoms with E-state index < -0.39 is 0 Å². The molecular formula is C14H19ClN4S2. The Hall–Kier alpha value is -1.37. The van der Waals surface area contributed by atoms with Gasteiger partial charge >= 0.3 is 0 Å². The van der Waals surface area contributed by atoms with Crippen LogP contribution in [0, 0.1) is 0 Å². The highest BCUT2D eigenvalue weighted by Crippen LogP contribution is 2.09. The van der Waals surface area contributed by atoms with Crippen LogP contribution >= 0.6 is 36.0 Å². The first-order chi connectivity index (χ1) is 9.97. The summed E-state index contributed by atoms with van der Waals surface area (Å²) in [5, 5.41) is 7.77. The number of hydrogen-bond donors (Lipinski definition) is 4. The molecule has 0 aromatic heterocycles. The monoisotopic (exact) mass is 342 g/mol. The van der Waals surface area contributed by atoms with E-state index in [4.69, 9.17) is 36.0 Å². The van der Waals surface area contributed by atoms with Crippen molar-refractivity contribution in [2.24, 2.45) is 0 Å². The molecule has 0 aliphatic carbocycles. The average Bonchev–Trinajstić information content (AvgIpc) is 2.45. The second-order valence-electron chi connectivity index (χ2n) is 4.52. The zero-order chi connectivity index (χ0) is 15.7. The summed E-state index contributed by atoms with van der Waals surface area (Å²) in [5.74, 6) is 0. The van der Waals surface area contributed by atoms with E-state index in [2.05, 4.69) is 28.1 Å². The maximum Gasteiger partial charge on any atom is 0.185 e. The van der Waals surface area contributed by atoms with Crippen LogP contribution < -0.4 is 21.5 Å². The molecule has 0 saturated carbocycles. The van der Waals surface area contributed by atoms with Gasteiger partial charge in [-0.15, -0.1) is 0 Å². The van der Waals surface area contributed by atoms with Gasteiger partial charge in [0.15, 0.2) is 10.2 Å². The van der Waals surface area contributed by atoms with Gasteiger partial charge in [-0.25, -0.2) is 0 Å². The summed E-state index contributed by atoms with van der Waals surface area (Å²) in [6, 6.07) is 7.74. The molecule has 0 saturated heterocycles. The number of benzene rings is 1. The SMILES string of the molecule is C=C(C)CNC(=S)NNC(=S)NCCc1ccc(Cl)cc1. The van der Waals surface area contributed by atoms with Crippen molar-refractivity contribution >= 4 is 46.3 Å². The van der Waals surface area contributed by atoms with Crippen molar-refractivity contribution in [2.75, 3.05) is 13.1 Å². The summed E-state index contributed by atoms with van der Waals surface area (Å²) >= 11 is 16.0. The first-order valence-corrected chi connectivity index (χ1v) is 7.63. The smallest absolute Gasteiger partial charge is 0.185 e.